The Hall–Kier alpha value is -1.83. The molecule has 0 spiro atoms. The summed E-state index contributed by atoms with van der Waals surface area (Å²) < 4.78 is 10.0. The zero-order chi connectivity index (χ0) is 20.6. The van der Waals surface area contributed by atoms with E-state index in [4.69, 9.17) is 21.1 Å². The van der Waals surface area contributed by atoms with Crippen molar-refractivity contribution in [1.29, 1.82) is 0 Å². The molecule has 0 saturated heterocycles. The molecule has 152 valence electrons. The van der Waals surface area contributed by atoms with Crippen LogP contribution in [0.1, 0.15) is 26.3 Å². The van der Waals surface area contributed by atoms with Gasteiger partial charge in [0.1, 0.15) is 11.6 Å². The molecular formula is C19H29ClN2O5. The summed E-state index contributed by atoms with van der Waals surface area (Å²) in [5.41, 5.74) is 0.341. The van der Waals surface area contributed by atoms with E-state index in [1.165, 1.54) is 7.11 Å². The molecule has 0 aliphatic heterocycles. The number of nitrogens with one attached hydrogen (secondary N) is 1. The maximum Gasteiger partial charge on any atom is 0.407 e. The van der Waals surface area contributed by atoms with Crippen molar-refractivity contribution in [3.8, 4) is 0 Å². The van der Waals surface area contributed by atoms with E-state index in [9.17, 15) is 14.7 Å². The standard InChI is InChI=1S/C19H29ClN2O5/c1-19(2,3)27-18(25)21-15(10-13-6-8-14(20)9-7-13)11-22(4)16(12-23)17(24)26-5/h6-9,15-16,23H,10-12H2,1-5H3,(H,21,25). The number of methoxy groups -OCH3 is 1. The van der Waals surface area contributed by atoms with E-state index in [0.717, 1.165) is 5.56 Å². The number of carbonyl (C=O) groups is 2. The van der Waals surface area contributed by atoms with E-state index >= 15 is 0 Å². The number of esters is 1. The summed E-state index contributed by atoms with van der Waals surface area (Å²) in [7, 11) is 2.95. The molecule has 27 heavy (non-hydrogen) atoms. The van der Waals surface area contributed by atoms with Gasteiger partial charge in [-0.3, -0.25) is 9.69 Å². The maximum absolute atomic E-state index is 12.2. The topological polar surface area (TPSA) is 88.1 Å². The zero-order valence-corrected chi connectivity index (χ0v) is 17.2. The monoisotopic (exact) mass is 400 g/mol. The summed E-state index contributed by atoms with van der Waals surface area (Å²) >= 11 is 5.92. The van der Waals surface area contributed by atoms with Crippen LogP contribution in [0, 0.1) is 0 Å². The highest BCUT2D eigenvalue weighted by molar-refractivity contribution is 6.30. The number of hydrogen-bond acceptors (Lipinski definition) is 6. The predicted molar refractivity (Wildman–Crippen MR) is 104 cm³/mol. The number of halogens is 1. The second-order valence-corrected chi connectivity index (χ2v) is 7.77. The summed E-state index contributed by atoms with van der Waals surface area (Å²) in [5.74, 6) is -0.539. The molecule has 2 atom stereocenters. The quantitative estimate of drug-likeness (QED) is 0.650. The van der Waals surface area contributed by atoms with Crippen LogP contribution in [0.3, 0.4) is 0 Å². The third-order valence-electron chi connectivity index (χ3n) is 3.80. The first-order chi connectivity index (χ1) is 12.6. The van der Waals surface area contributed by atoms with Gasteiger partial charge >= 0.3 is 12.1 Å². The molecular weight excluding hydrogens is 372 g/mol. The SMILES string of the molecule is COC(=O)C(CO)N(C)CC(Cc1ccc(Cl)cc1)NC(=O)OC(C)(C)C. The van der Waals surface area contributed by atoms with Gasteiger partial charge in [0.15, 0.2) is 0 Å². The number of alkyl carbamates (subject to hydrolysis) is 1. The van der Waals surface area contributed by atoms with E-state index in [-0.39, 0.29) is 12.6 Å². The molecule has 0 radical (unpaired) electrons. The molecule has 0 bridgehead atoms. The lowest BCUT2D eigenvalue weighted by molar-refractivity contribution is -0.148. The number of nitrogens with zero attached hydrogens (tertiary/aromatic N) is 1. The molecule has 7 nitrogen and oxygen atoms in total. The zero-order valence-electron chi connectivity index (χ0n) is 16.5. The summed E-state index contributed by atoms with van der Waals surface area (Å²) in [6.07, 6.45) is -0.0476. The van der Waals surface area contributed by atoms with Gasteiger partial charge in [0.25, 0.3) is 0 Å². The molecule has 1 amide bonds. The van der Waals surface area contributed by atoms with E-state index in [0.29, 0.717) is 18.0 Å². The predicted octanol–water partition coefficient (Wildman–Crippen LogP) is 2.24. The molecule has 2 N–H and O–H groups in total. The van der Waals surface area contributed by atoms with Crippen molar-refractivity contribution in [2.45, 2.75) is 44.9 Å². The van der Waals surface area contributed by atoms with Crippen LogP contribution >= 0.6 is 11.6 Å². The van der Waals surface area contributed by atoms with Gasteiger partial charge in [-0.2, -0.15) is 0 Å². The Morgan fingerprint density at radius 2 is 1.85 bits per heavy atom. The number of carbonyl (C=O) groups excluding carboxylic acids is 2. The average Bonchev–Trinajstić information content (AvgIpc) is 2.55. The Bertz CT molecular complexity index is 616. The van der Waals surface area contributed by atoms with E-state index in [1.807, 2.05) is 12.1 Å². The molecule has 8 heteroatoms. The number of ether oxygens (including phenoxy) is 2. The summed E-state index contributed by atoms with van der Waals surface area (Å²) in [6, 6.07) is 6.12. The Labute approximate surface area is 165 Å². The van der Waals surface area contributed by atoms with Crippen molar-refractivity contribution in [3.63, 3.8) is 0 Å². The molecule has 1 rings (SSSR count). The number of likely N-dealkylation sites (N-methyl/N-ethyl adjacent to an activating group) is 1. The molecule has 2 unspecified atom stereocenters. The number of amides is 1. The second kappa shape index (κ2) is 10.5. The first kappa shape index (κ1) is 23.2. The van der Waals surface area contributed by atoms with Crippen LogP contribution in [0.15, 0.2) is 24.3 Å². The largest absolute Gasteiger partial charge is 0.468 e. The molecule has 0 heterocycles. The molecule has 1 aromatic carbocycles. The highest BCUT2D eigenvalue weighted by Gasteiger charge is 2.27. The minimum Gasteiger partial charge on any atom is -0.468 e. The van der Waals surface area contributed by atoms with Crippen molar-refractivity contribution in [3.05, 3.63) is 34.9 Å². The van der Waals surface area contributed by atoms with Crippen molar-refractivity contribution in [2.75, 3.05) is 27.3 Å². The fourth-order valence-corrected chi connectivity index (χ4v) is 2.67. The molecule has 0 fully saturated rings. The molecule has 1 aromatic rings. The Balaban J connectivity index is 2.89. The van der Waals surface area contributed by atoms with Crippen LogP contribution in [0.4, 0.5) is 4.79 Å². The summed E-state index contributed by atoms with van der Waals surface area (Å²) in [5, 5.41) is 13.0. The number of benzene rings is 1. The third kappa shape index (κ3) is 8.60. The number of rotatable bonds is 8. The fourth-order valence-electron chi connectivity index (χ4n) is 2.55. The van der Waals surface area contributed by atoms with E-state index in [1.54, 1.807) is 44.9 Å². The van der Waals surface area contributed by atoms with Gasteiger partial charge in [0, 0.05) is 17.6 Å². The fraction of sp³-hybridized carbons (Fsp3) is 0.579. The van der Waals surface area contributed by atoms with Gasteiger partial charge < -0.3 is 19.9 Å². The highest BCUT2D eigenvalue weighted by Crippen LogP contribution is 2.13. The van der Waals surface area contributed by atoms with Gasteiger partial charge in [-0.15, -0.1) is 0 Å². The molecule has 0 aliphatic rings. The third-order valence-corrected chi connectivity index (χ3v) is 4.05. The molecule has 0 aromatic heterocycles. The number of aliphatic hydroxyl groups is 1. The lowest BCUT2D eigenvalue weighted by Crippen LogP contribution is -2.51. The Morgan fingerprint density at radius 1 is 1.26 bits per heavy atom. The first-order valence-electron chi connectivity index (χ1n) is 8.68. The summed E-state index contributed by atoms with van der Waals surface area (Å²) in [6.45, 7) is 5.27. The Kier molecular flexibility index (Phi) is 9.02. The lowest BCUT2D eigenvalue weighted by Gasteiger charge is -2.30. The van der Waals surface area contributed by atoms with E-state index in [2.05, 4.69) is 5.32 Å². The lowest BCUT2D eigenvalue weighted by atomic mass is 10.0. The van der Waals surface area contributed by atoms with Gasteiger partial charge in [0.05, 0.1) is 13.7 Å². The van der Waals surface area contributed by atoms with Crippen molar-refractivity contribution < 1.29 is 24.2 Å². The van der Waals surface area contributed by atoms with Crippen LogP contribution in [0.25, 0.3) is 0 Å². The van der Waals surface area contributed by atoms with Crippen molar-refractivity contribution in [1.82, 2.24) is 10.2 Å². The van der Waals surface area contributed by atoms with Crippen molar-refractivity contribution >= 4 is 23.7 Å². The smallest absolute Gasteiger partial charge is 0.407 e. The normalized spacial score (nSPS) is 13.8. The van der Waals surface area contributed by atoms with Crippen molar-refractivity contribution in [2.24, 2.45) is 0 Å². The van der Waals surface area contributed by atoms with Gasteiger partial charge in [0.2, 0.25) is 0 Å². The van der Waals surface area contributed by atoms with E-state index < -0.39 is 23.7 Å². The van der Waals surface area contributed by atoms with Crippen LogP contribution < -0.4 is 5.32 Å². The van der Waals surface area contributed by atoms with Crippen LogP contribution in [0.2, 0.25) is 5.02 Å². The van der Waals surface area contributed by atoms with Gasteiger partial charge in [-0.1, -0.05) is 23.7 Å². The van der Waals surface area contributed by atoms with Gasteiger partial charge in [-0.25, -0.2) is 4.79 Å². The van der Waals surface area contributed by atoms with Gasteiger partial charge in [-0.05, 0) is 51.9 Å². The van der Waals surface area contributed by atoms with Crippen LogP contribution in [-0.4, -0.2) is 67.1 Å². The average molecular weight is 401 g/mol. The number of aliphatic hydroxyl groups excluding tert-OH is 1. The Morgan fingerprint density at radius 3 is 2.33 bits per heavy atom. The maximum atomic E-state index is 12.2. The number of hydrogen-bond donors (Lipinski definition) is 2. The minimum absolute atomic E-state index is 0.308. The molecule has 0 aliphatic carbocycles. The van der Waals surface area contributed by atoms with Crippen LogP contribution in [0.5, 0.6) is 0 Å². The minimum atomic E-state index is -0.817. The molecule has 0 saturated carbocycles. The first-order valence-corrected chi connectivity index (χ1v) is 9.06. The second-order valence-electron chi connectivity index (χ2n) is 7.33. The van der Waals surface area contributed by atoms with Crippen LogP contribution in [-0.2, 0) is 20.7 Å². The highest BCUT2D eigenvalue weighted by atomic mass is 35.5. The summed E-state index contributed by atoms with van der Waals surface area (Å²) in [4.78, 5) is 25.7.